The number of aliphatic carboxylic acids is 1. The van der Waals surface area contributed by atoms with Gasteiger partial charge in [-0.05, 0) is 61.1 Å². The molecular formula is C25H29FN4O4. The maximum atomic E-state index is 14.1. The van der Waals surface area contributed by atoms with Gasteiger partial charge in [0, 0.05) is 24.4 Å². The molecule has 1 fully saturated rings. The number of allylic oxidation sites excluding steroid dienone is 1. The first-order valence-electron chi connectivity index (χ1n) is 11.4. The van der Waals surface area contributed by atoms with Gasteiger partial charge in [-0.1, -0.05) is 12.1 Å². The highest BCUT2D eigenvalue weighted by Gasteiger charge is 2.28. The topological polar surface area (TPSA) is 116 Å². The number of hydrogen-bond donors (Lipinski definition) is 4. The van der Waals surface area contributed by atoms with E-state index < -0.39 is 23.7 Å². The molecule has 0 aliphatic carbocycles. The summed E-state index contributed by atoms with van der Waals surface area (Å²) < 4.78 is 19.0. The van der Waals surface area contributed by atoms with Crippen LogP contribution >= 0.6 is 0 Å². The van der Waals surface area contributed by atoms with E-state index in [0.717, 1.165) is 31.2 Å². The monoisotopic (exact) mass is 468 g/mol. The first kappa shape index (κ1) is 23.7. The lowest BCUT2D eigenvalue weighted by atomic mass is 9.88. The van der Waals surface area contributed by atoms with Crippen molar-refractivity contribution in [2.75, 3.05) is 7.11 Å². The van der Waals surface area contributed by atoms with E-state index in [1.165, 1.54) is 19.2 Å². The van der Waals surface area contributed by atoms with Crippen LogP contribution in [0.25, 0.3) is 0 Å². The van der Waals surface area contributed by atoms with Gasteiger partial charge in [0.2, 0.25) is 0 Å². The average molecular weight is 469 g/mol. The minimum absolute atomic E-state index is 0.0490. The van der Waals surface area contributed by atoms with Gasteiger partial charge in [0.1, 0.15) is 11.9 Å². The number of benzene rings is 1. The van der Waals surface area contributed by atoms with Crippen LogP contribution in [-0.4, -0.2) is 47.5 Å². The van der Waals surface area contributed by atoms with Crippen LogP contribution in [0, 0.1) is 11.7 Å². The number of carboxylic acid groups (broad SMARTS) is 1. The number of aryl methyl sites for hydroxylation is 1. The Morgan fingerprint density at radius 1 is 1.32 bits per heavy atom. The number of carbonyl (C=O) groups is 2. The number of ether oxygens (including phenoxy) is 1. The molecule has 0 bridgehead atoms. The molecule has 4 rings (SSSR count). The number of amides is 1. The number of rotatable bonds is 9. The van der Waals surface area contributed by atoms with Crippen LogP contribution in [0.15, 0.2) is 47.6 Å². The van der Waals surface area contributed by atoms with Crippen molar-refractivity contribution >= 4 is 18.1 Å². The molecule has 0 spiro atoms. The highest BCUT2D eigenvalue weighted by atomic mass is 19.1. The summed E-state index contributed by atoms with van der Waals surface area (Å²) >= 11 is 0. The first-order valence-corrected chi connectivity index (χ1v) is 11.4. The number of carboxylic acids is 1. The predicted octanol–water partition coefficient (Wildman–Crippen LogP) is 3.38. The number of aromatic nitrogens is 1. The Morgan fingerprint density at radius 3 is 2.94 bits per heavy atom. The van der Waals surface area contributed by atoms with Crippen molar-refractivity contribution in [3.8, 4) is 5.75 Å². The van der Waals surface area contributed by atoms with Gasteiger partial charge in [0.15, 0.2) is 11.6 Å². The Kier molecular flexibility index (Phi) is 7.42. The third-order valence-corrected chi connectivity index (χ3v) is 6.38. The van der Waals surface area contributed by atoms with Gasteiger partial charge in [-0.25, -0.2) is 4.39 Å². The molecule has 1 aromatic heterocycles. The molecular weight excluding hydrogens is 439 g/mol. The van der Waals surface area contributed by atoms with Crippen LogP contribution in [0.1, 0.15) is 53.3 Å². The predicted molar refractivity (Wildman–Crippen MR) is 126 cm³/mol. The Morgan fingerprint density at radius 2 is 2.18 bits per heavy atom. The third-order valence-electron chi connectivity index (χ3n) is 6.38. The van der Waals surface area contributed by atoms with Gasteiger partial charge in [0.25, 0.3) is 5.91 Å². The second-order valence-corrected chi connectivity index (χ2v) is 8.71. The van der Waals surface area contributed by atoms with Crippen LogP contribution in [0.4, 0.5) is 4.39 Å². The number of aliphatic imine (C=N–C) groups is 1. The fraction of sp³-hybridized carbons (Fsp3) is 0.400. The van der Waals surface area contributed by atoms with E-state index in [1.54, 1.807) is 18.3 Å². The molecule has 34 heavy (non-hydrogen) atoms. The molecule has 0 radical (unpaired) electrons. The second kappa shape index (κ2) is 10.6. The summed E-state index contributed by atoms with van der Waals surface area (Å²) in [5.41, 5.74) is 1.67. The molecule has 1 saturated heterocycles. The molecule has 0 saturated carbocycles. The number of hydrogen-bond acceptors (Lipinski definition) is 5. The summed E-state index contributed by atoms with van der Waals surface area (Å²) in [5.74, 6) is -1.66. The fourth-order valence-electron chi connectivity index (χ4n) is 4.54. The Hall–Kier alpha value is -3.46. The molecule has 3 heterocycles. The zero-order valence-electron chi connectivity index (χ0n) is 19.0. The van der Waals surface area contributed by atoms with E-state index in [0.29, 0.717) is 23.2 Å². The van der Waals surface area contributed by atoms with Crippen molar-refractivity contribution in [1.29, 1.82) is 0 Å². The van der Waals surface area contributed by atoms with E-state index in [2.05, 4.69) is 26.7 Å². The zero-order chi connectivity index (χ0) is 24.1. The van der Waals surface area contributed by atoms with Crippen molar-refractivity contribution in [2.24, 2.45) is 10.9 Å². The lowest BCUT2D eigenvalue weighted by Crippen LogP contribution is -2.46. The van der Waals surface area contributed by atoms with E-state index in [1.807, 2.05) is 12.3 Å². The van der Waals surface area contributed by atoms with Crippen LogP contribution in [0.2, 0.25) is 0 Å². The summed E-state index contributed by atoms with van der Waals surface area (Å²) in [6, 6.07) is 5.39. The highest BCUT2D eigenvalue weighted by molar-refractivity contribution is 5.93. The number of piperidine rings is 1. The largest absolute Gasteiger partial charge is 0.494 e. The van der Waals surface area contributed by atoms with Gasteiger partial charge in [-0.2, -0.15) is 0 Å². The lowest BCUT2D eigenvalue weighted by Gasteiger charge is -2.35. The standard InChI is InChI=1S/C25H29FN4O4/c1-34-22-9-6-17(12-19(22)26)20(13-23(31)32)30-25(33)21-11-15(14-28-21)4-7-18-8-5-16-3-2-10-27-24(16)29-18/h2-3,6,9-12,14,16,18,20,24,28-29H,4-5,7-8,13H2,1H3,(H,30,33)(H,31,32). The molecule has 1 amide bonds. The summed E-state index contributed by atoms with van der Waals surface area (Å²) in [7, 11) is 1.35. The molecule has 9 heteroatoms. The number of methoxy groups -OCH3 is 1. The van der Waals surface area contributed by atoms with E-state index in [9.17, 15) is 19.1 Å². The zero-order valence-corrected chi connectivity index (χ0v) is 19.0. The van der Waals surface area contributed by atoms with Crippen molar-refractivity contribution in [3.63, 3.8) is 0 Å². The van der Waals surface area contributed by atoms with E-state index in [-0.39, 0.29) is 18.3 Å². The summed E-state index contributed by atoms with van der Waals surface area (Å²) in [5, 5.41) is 15.6. The number of halogens is 1. The van der Waals surface area contributed by atoms with E-state index in [4.69, 9.17) is 4.74 Å². The van der Waals surface area contributed by atoms with Crippen LogP contribution in [-0.2, 0) is 11.2 Å². The highest BCUT2D eigenvalue weighted by Crippen LogP contribution is 2.26. The molecule has 2 aliphatic rings. The van der Waals surface area contributed by atoms with E-state index >= 15 is 0 Å². The molecule has 4 unspecified atom stereocenters. The van der Waals surface area contributed by atoms with Crippen LogP contribution < -0.4 is 15.4 Å². The smallest absolute Gasteiger partial charge is 0.305 e. The molecule has 1 aromatic carbocycles. The number of nitrogens with one attached hydrogen (secondary N) is 3. The summed E-state index contributed by atoms with van der Waals surface area (Å²) in [6.45, 7) is 0. The third kappa shape index (κ3) is 5.72. The molecule has 2 aromatic rings. The minimum atomic E-state index is -1.10. The summed E-state index contributed by atoms with van der Waals surface area (Å²) in [6.07, 6.45) is 11.5. The van der Waals surface area contributed by atoms with Gasteiger partial charge in [-0.15, -0.1) is 0 Å². The van der Waals surface area contributed by atoms with Crippen LogP contribution in [0.5, 0.6) is 5.75 Å². The molecule has 2 aliphatic heterocycles. The fourth-order valence-corrected chi connectivity index (χ4v) is 4.54. The second-order valence-electron chi connectivity index (χ2n) is 8.71. The number of nitrogens with zero attached hydrogens (tertiary/aromatic N) is 1. The Labute approximate surface area is 197 Å². The maximum absolute atomic E-state index is 14.1. The average Bonchev–Trinajstić information content (AvgIpc) is 3.31. The molecule has 8 nitrogen and oxygen atoms in total. The number of H-pyrrole nitrogens is 1. The summed E-state index contributed by atoms with van der Waals surface area (Å²) in [4.78, 5) is 31.6. The SMILES string of the molecule is COc1ccc(C(CC(=O)O)NC(=O)c2cc(CCC3CCC4C=CC=NC4N3)c[nH]2)cc1F. The Bertz CT molecular complexity index is 1100. The van der Waals surface area contributed by atoms with Crippen molar-refractivity contribution in [3.05, 3.63) is 65.3 Å². The van der Waals surface area contributed by atoms with Gasteiger partial charge >= 0.3 is 5.97 Å². The Balaban J connectivity index is 1.35. The quantitative estimate of drug-likeness (QED) is 0.450. The van der Waals surface area contributed by atoms with Gasteiger partial charge in [0.05, 0.1) is 19.6 Å². The van der Waals surface area contributed by atoms with Crippen LogP contribution in [0.3, 0.4) is 0 Å². The molecule has 4 N–H and O–H groups in total. The number of carbonyl (C=O) groups excluding carboxylic acids is 1. The molecule has 4 atom stereocenters. The molecule has 180 valence electrons. The number of fused-ring (bicyclic) bond motifs is 1. The van der Waals surface area contributed by atoms with Crippen molar-refractivity contribution < 1.29 is 23.8 Å². The van der Waals surface area contributed by atoms with Crippen molar-refractivity contribution in [1.82, 2.24) is 15.6 Å². The lowest BCUT2D eigenvalue weighted by molar-refractivity contribution is -0.137. The first-order chi connectivity index (χ1) is 16.4. The van der Waals surface area contributed by atoms with Gasteiger partial charge < -0.3 is 20.1 Å². The minimum Gasteiger partial charge on any atom is -0.494 e. The normalized spacial score (nSPS) is 22.1. The number of aromatic amines is 1. The maximum Gasteiger partial charge on any atom is 0.305 e. The number of dihydropyridines is 1. The van der Waals surface area contributed by atoms with Gasteiger partial charge in [-0.3, -0.25) is 19.9 Å². The van der Waals surface area contributed by atoms with Crippen molar-refractivity contribution in [2.45, 2.75) is 50.4 Å².